The van der Waals surface area contributed by atoms with Gasteiger partial charge < -0.3 is 9.73 Å². The number of hydrogen-bond acceptors (Lipinski definition) is 3. The molecule has 3 aromatic rings. The van der Waals surface area contributed by atoms with Gasteiger partial charge in [0.2, 0.25) is 0 Å². The Morgan fingerprint density at radius 2 is 1.68 bits per heavy atom. The van der Waals surface area contributed by atoms with Crippen molar-refractivity contribution >= 4 is 22.6 Å². The van der Waals surface area contributed by atoms with Crippen LogP contribution in [0.15, 0.2) is 57.7 Å². The molecule has 2 aromatic carbocycles. The van der Waals surface area contributed by atoms with Crippen LogP contribution in [0.3, 0.4) is 0 Å². The standard InChI is InChI=1S/C16H9F2NO3/c17-11-5-10(6-12(18)8-11)16(21)19-13-2-3-14-9(7-13)1-4-15(20)22-14/h1-8H,(H,19,21). The van der Waals surface area contributed by atoms with Gasteiger partial charge in [-0.15, -0.1) is 0 Å². The number of fused-ring (bicyclic) bond motifs is 1. The lowest BCUT2D eigenvalue weighted by Gasteiger charge is -2.06. The molecule has 0 unspecified atom stereocenters. The average Bonchev–Trinajstić information content (AvgIpc) is 2.46. The van der Waals surface area contributed by atoms with Gasteiger partial charge in [-0.1, -0.05) is 0 Å². The average molecular weight is 301 g/mol. The topological polar surface area (TPSA) is 59.3 Å². The van der Waals surface area contributed by atoms with Crippen LogP contribution in [0.1, 0.15) is 10.4 Å². The van der Waals surface area contributed by atoms with E-state index in [1.165, 1.54) is 18.2 Å². The second kappa shape index (κ2) is 5.40. The molecule has 1 aromatic heterocycles. The molecule has 6 heteroatoms. The van der Waals surface area contributed by atoms with E-state index in [4.69, 9.17) is 4.42 Å². The summed E-state index contributed by atoms with van der Waals surface area (Å²) in [5, 5.41) is 3.14. The van der Waals surface area contributed by atoms with Gasteiger partial charge in [0, 0.05) is 28.8 Å². The summed E-state index contributed by atoms with van der Waals surface area (Å²) in [6.45, 7) is 0. The molecule has 0 aliphatic rings. The predicted octanol–water partition coefficient (Wildman–Crippen LogP) is 3.32. The van der Waals surface area contributed by atoms with Crippen molar-refractivity contribution in [2.75, 3.05) is 5.32 Å². The first kappa shape index (κ1) is 13.9. The lowest BCUT2D eigenvalue weighted by molar-refractivity contribution is 0.102. The van der Waals surface area contributed by atoms with Crippen LogP contribution in [0.4, 0.5) is 14.5 Å². The van der Waals surface area contributed by atoms with Gasteiger partial charge in [-0.3, -0.25) is 4.79 Å². The number of carbonyl (C=O) groups is 1. The number of nitrogens with one attached hydrogen (secondary N) is 1. The molecule has 0 fully saturated rings. The maximum Gasteiger partial charge on any atom is 0.336 e. The summed E-state index contributed by atoms with van der Waals surface area (Å²) in [7, 11) is 0. The monoisotopic (exact) mass is 301 g/mol. The van der Waals surface area contributed by atoms with Gasteiger partial charge >= 0.3 is 5.63 Å². The van der Waals surface area contributed by atoms with Crippen LogP contribution in [0.5, 0.6) is 0 Å². The molecule has 3 rings (SSSR count). The third kappa shape index (κ3) is 2.85. The van der Waals surface area contributed by atoms with Crippen molar-refractivity contribution in [1.82, 2.24) is 0 Å². The molecule has 0 atom stereocenters. The van der Waals surface area contributed by atoms with E-state index in [-0.39, 0.29) is 5.56 Å². The van der Waals surface area contributed by atoms with Crippen LogP contribution in [-0.4, -0.2) is 5.91 Å². The Hall–Kier alpha value is -3.02. The van der Waals surface area contributed by atoms with E-state index in [1.54, 1.807) is 12.1 Å². The fourth-order valence-electron chi connectivity index (χ4n) is 2.04. The van der Waals surface area contributed by atoms with Crippen LogP contribution in [0.25, 0.3) is 11.0 Å². The van der Waals surface area contributed by atoms with Gasteiger partial charge in [0.15, 0.2) is 0 Å². The van der Waals surface area contributed by atoms with Gasteiger partial charge in [0.25, 0.3) is 5.91 Å². The number of hydrogen-bond donors (Lipinski definition) is 1. The highest BCUT2D eigenvalue weighted by Gasteiger charge is 2.10. The van der Waals surface area contributed by atoms with Gasteiger partial charge in [-0.2, -0.15) is 0 Å². The molecule has 0 aliphatic heterocycles. The number of anilines is 1. The van der Waals surface area contributed by atoms with Crippen molar-refractivity contribution in [3.63, 3.8) is 0 Å². The molecule has 0 aliphatic carbocycles. The van der Waals surface area contributed by atoms with Crippen molar-refractivity contribution in [2.45, 2.75) is 0 Å². The SMILES string of the molecule is O=C(Nc1ccc2oc(=O)ccc2c1)c1cc(F)cc(F)c1. The number of amides is 1. The number of rotatable bonds is 2. The minimum atomic E-state index is -0.828. The molecule has 1 heterocycles. The van der Waals surface area contributed by atoms with E-state index in [0.29, 0.717) is 22.7 Å². The fraction of sp³-hybridized carbons (Fsp3) is 0. The smallest absolute Gasteiger partial charge is 0.336 e. The third-order valence-electron chi connectivity index (χ3n) is 3.00. The van der Waals surface area contributed by atoms with Crippen LogP contribution in [-0.2, 0) is 0 Å². The summed E-state index contributed by atoms with van der Waals surface area (Å²) in [5.74, 6) is -2.30. The molecular formula is C16H9F2NO3. The summed E-state index contributed by atoms with van der Waals surface area (Å²) in [6, 6.07) is 10.0. The van der Waals surface area contributed by atoms with E-state index < -0.39 is 23.2 Å². The van der Waals surface area contributed by atoms with Crippen molar-refractivity contribution in [2.24, 2.45) is 0 Å². The quantitative estimate of drug-likeness (QED) is 0.739. The minimum Gasteiger partial charge on any atom is -0.423 e. The van der Waals surface area contributed by atoms with Gasteiger partial charge in [0.05, 0.1) is 0 Å². The first-order valence-electron chi connectivity index (χ1n) is 6.33. The largest absolute Gasteiger partial charge is 0.423 e. The molecule has 110 valence electrons. The molecular weight excluding hydrogens is 292 g/mol. The second-order valence-electron chi connectivity index (χ2n) is 4.62. The van der Waals surface area contributed by atoms with Crippen LogP contribution in [0, 0.1) is 11.6 Å². The van der Waals surface area contributed by atoms with E-state index in [1.807, 2.05) is 0 Å². The molecule has 0 saturated heterocycles. The maximum atomic E-state index is 13.1. The Bertz CT molecular complexity index is 914. The highest BCUT2D eigenvalue weighted by molar-refractivity contribution is 6.05. The zero-order chi connectivity index (χ0) is 15.7. The molecule has 0 bridgehead atoms. The summed E-state index contributed by atoms with van der Waals surface area (Å²) in [4.78, 5) is 23.1. The Kier molecular flexibility index (Phi) is 3.42. The first-order valence-corrected chi connectivity index (χ1v) is 6.33. The lowest BCUT2D eigenvalue weighted by Crippen LogP contribution is -2.12. The summed E-state index contributed by atoms with van der Waals surface area (Å²) >= 11 is 0. The Morgan fingerprint density at radius 1 is 0.955 bits per heavy atom. The summed E-state index contributed by atoms with van der Waals surface area (Å²) < 4.78 is 31.2. The van der Waals surface area contributed by atoms with E-state index in [2.05, 4.69) is 5.32 Å². The number of halogens is 2. The van der Waals surface area contributed by atoms with Gasteiger partial charge in [0.1, 0.15) is 17.2 Å². The fourth-order valence-corrected chi connectivity index (χ4v) is 2.04. The maximum absolute atomic E-state index is 13.1. The van der Waals surface area contributed by atoms with Gasteiger partial charge in [-0.25, -0.2) is 13.6 Å². The molecule has 1 amide bonds. The van der Waals surface area contributed by atoms with E-state index >= 15 is 0 Å². The molecule has 1 N–H and O–H groups in total. The van der Waals surface area contributed by atoms with Crippen LogP contribution in [0.2, 0.25) is 0 Å². The van der Waals surface area contributed by atoms with Crippen molar-refractivity contribution < 1.29 is 18.0 Å². The van der Waals surface area contributed by atoms with Crippen molar-refractivity contribution in [1.29, 1.82) is 0 Å². The Balaban J connectivity index is 1.90. The zero-order valence-electron chi connectivity index (χ0n) is 11.1. The van der Waals surface area contributed by atoms with Gasteiger partial charge in [-0.05, 0) is 36.4 Å². The Morgan fingerprint density at radius 3 is 2.41 bits per heavy atom. The van der Waals surface area contributed by atoms with E-state index in [0.717, 1.165) is 12.1 Å². The zero-order valence-corrected chi connectivity index (χ0v) is 11.1. The van der Waals surface area contributed by atoms with Crippen molar-refractivity contribution in [3.8, 4) is 0 Å². The Labute approximate surface area is 123 Å². The predicted molar refractivity (Wildman–Crippen MR) is 76.8 cm³/mol. The number of carbonyl (C=O) groups excluding carboxylic acids is 1. The first-order chi connectivity index (χ1) is 10.5. The van der Waals surface area contributed by atoms with Crippen LogP contribution >= 0.6 is 0 Å². The van der Waals surface area contributed by atoms with Crippen molar-refractivity contribution in [3.05, 3.63) is 76.1 Å². The molecule has 4 nitrogen and oxygen atoms in total. The molecule has 0 saturated carbocycles. The molecule has 0 radical (unpaired) electrons. The molecule has 0 spiro atoms. The summed E-state index contributed by atoms with van der Waals surface area (Å²) in [6.07, 6.45) is 0. The minimum absolute atomic E-state index is 0.128. The summed E-state index contributed by atoms with van der Waals surface area (Å²) in [5.41, 5.74) is 0.190. The second-order valence-corrected chi connectivity index (χ2v) is 4.62. The van der Waals surface area contributed by atoms with E-state index in [9.17, 15) is 18.4 Å². The third-order valence-corrected chi connectivity index (χ3v) is 3.00. The highest BCUT2D eigenvalue weighted by Crippen LogP contribution is 2.18. The number of benzene rings is 2. The normalized spacial score (nSPS) is 10.6. The molecule has 22 heavy (non-hydrogen) atoms. The lowest BCUT2D eigenvalue weighted by atomic mass is 10.1. The highest BCUT2D eigenvalue weighted by atomic mass is 19.1. The van der Waals surface area contributed by atoms with Crippen LogP contribution < -0.4 is 10.9 Å².